The second kappa shape index (κ2) is 9.04. The zero-order valence-corrected chi connectivity index (χ0v) is 20.3. The van der Waals surface area contributed by atoms with E-state index >= 15 is 0 Å². The third-order valence-electron chi connectivity index (χ3n) is 5.76. The molecule has 1 N–H and O–H groups in total. The van der Waals surface area contributed by atoms with Gasteiger partial charge in [0.1, 0.15) is 5.75 Å². The van der Waals surface area contributed by atoms with E-state index in [1.165, 1.54) is 33.1 Å². The number of fused-ring (bicyclic) bond motifs is 1. The lowest BCUT2D eigenvalue weighted by Gasteiger charge is -2.24. The molecule has 2 aromatic carbocycles. The van der Waals surface area contributed by atoms with Gasteiger partial charge in [-0.15, -0.1) is 11.3 Å². The van der Waals surface area contributed by atoms with Gasteiger partial charge in [-0.05, 0) is 60.2 Å². The molecule has 1 aliphatic heterocycles. The zero-order valence-electron chi connectivity index (χ0n) is 18.6. The molecule has 172 valence electrons. The lowest BCUT2D eigenvalue weighted by molar-refractivity contribution is -0.117. The van der Waals surface area contributed by atoms with Crippen LogP contribution in [0.25, 0.3) is 10.2 Å². The SMILES string of the molecule is CCOc1ccc([C@H]2C(C(=O)c3cccs3)=C(O)C(=O)N2c2nc3ccc(CC)cc3s2)cc1. The van der Waals surface area contributed by atoms with E-state index in [-0.39, 0.29) is 11.4 Å². The van der Waals surface area contributed by atoms with Crippen molar-refractivity contribution in [3.63, 3.8) is 0 Å². The van der Waals surface area contributed by atoms with Crippen LogP contribution < -0.4 is 9.64 Å². The molecule has 1 atom stereocenters. The predicted molar refractivity (Wildman–Crippen MR) is 135 cm³/mol. The Kier molecular flexibility index (Phi) is 5.93. The molecule has 0 aliphatic carbocycles. The van der Waals surface area contributed by atoms with Crippen molar-refractivity contribution in [3.05, 3.63) is 87.3 Å². The van der Waals surface area contributed by atoms with E-state index in [0.29, 0.717) is 27.9 Å². The highest BCUT2D eigenvalue weighted by atomic mass is 32.1. The quantitative estimate of drug-likeness (QED) is 0.317. The van der Waals surface area contributed by atoms with Crippen molar-refractivity contribution < 1.29 is 19.4 Å². The van der Waals surface area contributed by atoms with Crippen LogP contribution in [0.3, 0.4) is 0 Å². The standard InChI is InChI=1S/C26H22N2O4S2/c1-3-15-7-12-18-20(14-15)34-26(27-18)28-22(16-8-10-17(11-9-16)32-4-2)21(24(30)25(28)31)23(29)19-6-5-13-33-19/h5-14,22,30H,3-4H2,1-2H3/t22-/m0/s1. The zero-order chi connectivity index (χ0) is 23.8. The van der Waals surface area contributed by atoms with Gasteiger partial charge in [0, 0.05) is 0 Å². The molecule has 6 nitrogen and oxygen atoms in total. The number of rotatable bonds is 7. The number of carbonyl (C=O) groups is 2. The summed E-state index contributed by atoms with van der Waals surface area (Å²) in [6.07, 6.45) is 0.891. The molecule has 1 aliphatic rings. The Balaban J connectivity index is 1.64. The maximum Gasteiger partial charge on any atom is 0.296 e. The van der Waals surface area contributed by atoms with E-state index in [9.17, 15) is 14.7 Å². The molecule has 0 radical (unpaired) electrons. The number of hydrogen-bond acceptors (Lipinski definition) is 7. The van der Waals surface area contributed by atoms with Gasteiger partial charge in [0.2, 0.25) is 5.78 Å². The molecule has 1 amide bonds. The maximum absolute atomic E-state index is 13.4. The molecule has 5 rings (SSSR count). The highest BCUT2D eigenvalue weighted by Crippen LogP contribution is 2.44. The van der Waals surface area contributed by atoms with E-state index < -0.39 is 17.7 Å². The number of benzene rings is 2. The van der Waals surface area contributed by atoms with Crippen LogP contribution in [-0.2, 0) is 11.2 Å². The van der Waals surface area contributed by atoms with Gasteiger partial charge in [0.25, 0.3) is 5.91 Å². The molecule has 3 heterocycles. The predicted octanol–water partition coefficient (Wildman–Crippen LogP) is 6.10. The first-order valence-corrected chi connectivity index (χ1v) is 12.7. The summed E-state index contributed by atoms with van der Waals surface area (Å²) in [5, 5.41) is 13.1. The molecule has 0 spiro atoms. The third-order valence-corrected chi connectivity index (χ3v) is 7.65. The number of ether oxygens (including phenoxy) is 1. The summed E-state index contributed by atoms with van der Waals surface area (Å²) >= 11 is 2.65. The number of anilines is 1. The fourth-order valence-electron chi connectivity index (χ4n) is 4.08. The third kappa shape index (κ3) is 3.78. The van der Waals surface area contributed by atoms with Crippen LogP contribution in [0.5, 0.6) is 5.75 Å². The summed E-state index contributed by atoms with van der Waals surface area (Å²) in [5.41, 5.74) is 2.69. The number of hydrogen-bond donors (Lipinski definition) is 1. The second-order valence-electron chi connectivity index (χ2n) is 7.80. The van der Waals surface area contributed by atoms with Gasteiger partial charge >= 0.3 is 0 Å². The van der Waals surface area contributed by atoms with Gasteiger partial charge in [-0.1, -0.05) is 42.5 Å². The minimum absolute atomic E-state index is 0.0603. The summed E-state index contributed by atoms with van der Waals surface area (Å²) in [6.45, 7) is 4.52. The molecule has 0 saturated carbocycles. The Morgan fingerprint density at radius 3 is 2.62 bits per heavy atom. The molecule has 2 aromatic heterocycles. The minimum Gasteiger partial charge on any atom is -0.503 e. The summed E-state index contributed by atoms with van der Waals surface area (Å²) < 4.78 is 6.50. The number of thiazole rings is 1. The van der Waals surface area contributed by atoms with Gasteiger partial charge in [0.05, 0.1) is 33.3 Å². The first kappa shape index (κ1) is 22.3. The van der Waals surface area contributed by atoms with Crippen LogP contribution in [0.15, 0.2) is 71.3 Å². The molecule has 0 fully saturated rings. The smallest absolute Gasteiger partial charge is 0.296 e. The Hall–Kier alpha value is -3.49. The van der Waals surface area contributed by atoms with Crippen LogP contribution >= 0.6 is 22.7 Å². The van der Waals surface area contributed by atoms with Gasteiger partial charge < -0.3 is 9.84 Å². The van der Waals surface area contributed by atoms with E-state index in [1.54, 1.807) is 29.6 Å². The van der Waals surface area contributed by atoms with Crippen LogP contribution in [0, 0.1) is 0 Å². The summed E-state index contributed by atoms with van der Waals surface area (Å²) in [4.78, 5) is 33.4. The highest BCUT2D eigenvalue weighted by molar-refractivity contribution is 7.22. The number of thiophene rings is 1. The van der Waals surface area contributed by atoms with E-state index in [2.05, 4.69) is 18.0 Å². The van der Waals surface area contributed by atoms with Crippen molar-refractivity contribution in [3.8, 4) is 5.75 Å². The molecule has 34 heavy (non-hydrogen) atoms. The maximum atomic E-state index is 13.4. The number of aliphatic hydroxyl groups is 1. The van der Waals surface area contributed by atoms with Crippen LogP contribution in [0.4, 0.5) is 5.13 Å². The summed E-state index contributed by atoms with van der Waals surface area (Å²) in [7, 11) is 0. The van der Waals surface area contributed by atoms with Crippen LogP contribution in [0.1, 0.15) is 40.7 Å². The van der Waals surface area contributed by atoms with Crippen molar-refractivity contribution in [2.45, 2.75) is 26.3 Å². The van der Waals surface area contributed by atoms with Crippen molar-refractivity contribution in [2.24, 2.45) is 0 Å². The number of aliphatic hydroxyl groups excluding tert-OH is 1. The minimum atomic E-state index is -0.802. The molecule has 0 saturated heterocycles. The number of nitrogens with zero attached hydrogens (tertiary/aromatic N) is 2. The summed E-state index contributed by atoms with van der Waals surface area (Å²) in [5.74, 6) is -0.843. The molecular formula is C26H22N2O4S2. The summed E-state index contributed by atoms with van der Waals surface area (Å²) in [6, 6.07) is 15.9. The Bertz CT molecular complexity index is 1400. The molecule has 0 bridgehead atoms. The first-order valence-electron chi connectivity index (χ1n) is 11.0. The second-order valence-corrected chi connectivity index (χ2v) is 9.76. The molecular weight excluding hydrogens is 468 g/mol. The molecule has 0 unspecified atom stereocenters. The van der Waals surface area contributed by atoms with Gasteiger partial charge in [-0.2, -0.15) is 0 Å². The van der Waals surface area contributed by atoms with Crippen LogP contribution in [-0.4, -0.2) is 28.4 Å². The van der Waals surface area contributed by atoms with Crippen LogP contribution in [0.2, 0.25) is 0 Å². The Morgan fingerprint density at radius 2 is 1.94 bits per heavy atom. The van der Waals surface area contributed by atoms with Gasteiger partial charge in [-0.3, -0.25) is 14.5 Å². The van der Waals surface area contributed by atoms with Gasteiger partial charge in [-0.25, -0.2) is 4.98 Å². The number of amides is 1. The first-order chi connectivity index (χ1) is 16.5. The van der Waals surface area contributed by atoms with E-state index in [0.717, 1.165) is 16.6 Å². The Morgan fingerprint density at radius 1 is 1.15 bits per heavy atom. The van der Waals surface area contributed by atoms with E-state index in [1.807, 2.05) is 31.2 Å². The van der Waals surface area contributed by atoms with E-state index in [4.69, 9.17) is 4.74 Å². The number of aryl methyl sites for hydroxylation is 1. The van der Waals surface area contributed by atoms with Crippen molar-refractivity contribution in [1.29, 1.82) is 0 Å². The average molecular weight is 491 g/mol. The van der Waals surface area contributed by atoms with Gasteiger partial charge in [0.15, 0.2) is 10.9 Å². The van der Waals surface area contributed by atoms with Crippen molar-refractivity contribution in [2.75, 3.05) is 11.5 Å². The van der Waals surface area contributed by atoms with Crippen molar-refractivity contribution in [1.82, 2.24) is 4.98 Å². The normalized spacial score (nSPS) is 16.0. The lowest BCUT2D eigenvalue weighted by Crippen LogP contribution is -2.30. The highest BCUT2D eigenvalue weighted by Gasteiger charge is 2.46. The van der Waals surface area contributed by atoms with Crippen molar-refractivity contribution >= 4 is 49.7 Å². The molecule has 8 heteroatoms. The number of Topliss-reactive ketones (excluding diaryl/α,β-unsaturated/α-hetero) is 1. The number of aromatic nitrogens is 1. The number of ketones is 1. The fraction of sp³-hybridized carbons (Fsp3) is 0.192. The topological polar surface area (TPSA) is 79.7 Å². The molecule has 4 aromatic rings. The Labute approximate surface area is 204 Å². The monoisotopic (exact) mass is 490 g/mol. The largest absolute Gasteiger partial charge is 0.503 e. The number of carbonyl (C=O) groups excluding carboxylic acids is 2. The average Bonchev–Trinajstić information content (AvgIpc) is 3.58. The lowest BCUT2D eigenvalue weighted by atomic mass is 9.95. The fourth-order valence-corrected chi connectivity index (χ4v) is 5.82.